The standard InChI is InChI=1S/C30H30N2O4S/c1-21-27(31-29(36-21)25-13-11-24(12-14-25)23-8-4-3-5-9-23)15-16-35-26-10-6-7-22(17-26)18-32-20-37-19-28(32)30(33)34-2/h3-14,17,28H,15-16,18-20H2,1-2H3/t28-/m0/s1. The van der Waals surface area contributed by atoms with E-state index in [0.29, 0.717) is 25.5 Å². The fourth-order valence-corrected chi connectivity index (χ4v) is 5.62. The van der Waals surface area contributed by atoms with Crippen molar-refractivity contribution in [3.63, 3.8) is 0 Å². The Bertz CT molecular complexity index is 1340. The van der Waals surface area contributed by atoms with Crippen molar-refractivity contribution in [1.29, 1.82) is 0 Å². The van der Waals surface area contributed by atoms with E-state index in [9.17, 15) is 4.79 Å². The van der Waals surface area contributed by atoms with Gasteiger partial charge in [-0.3, -0.25) is 9.69 Å². The van der Waals surface area contributed by atoms with E-state index < -0.39 is 0 Å². The second-order valence-corrected chi connectivity index (χ2v) is 10.00. The quantitative estimate of drug-likeness (QED) is 0.254. The average Bonchev–Trinajstić information content (AvgIpc) is 3.55. The van der Waals surface area contributed by atoms with E-state index in [2.05, 4.69) is 35.2 Å². The van der Waals surface area contributed by atoms with E-state index in [-0.39, 0.29) is 12.0 Å². The van der Waals surface area contributed by atoms with Gasteiger partial charge < -0.3 is 13.9 Å². The first-order valence-corrected chi connectivity index (χ1v) is 13.5. The lowest BCUT2D eigenvalue weighted by atomic mass is 10.0. The number of ether oxygens (including phenoxy) is 2. The maximum atomic E-state index is 12.0. The number of carbonyl (C=O) groups is 1. The van der Waals surface area contributed by atoms with Crippen LogP contribution in [0, 0.1) is 6.92 Å². The molecule has 0 unspecified atom stereocenters. The molecule has 4 aromatic rings. The molecular weight excluding hydrogens is 484 g/mol. The summed E-state index contributed by atoms with van der Waals surface area (Å²) in [6, 6.07) is 26.4. The molecule has 1 atom stereocenters. The van der Waals surface area contributed by atoms with Crippen LogP contribution in [0.3, 0.4) is 0 Å². The van der Waals surface area contributed by atoms with Gasteiger partial charge in [0.1, 0.15) is 17.6 Å². The van der Waals surface area contributed by atoms with Crippen molar-refractivity contribution < 1.29 is 18.7 Å². The largest absolute Gasteiger partial charge is 0.493 e. The molecule has 5 rings (SSSR count). The molecular formula is C30H30N2O4S. The van der Waals surface area contributed by atoms with Crippen LogP contribution < -0.4 is 4.74 Å². The summed E-state index contributed by atoms with van der Waals surface area (Å²) in [5.41, 5.74) is 5.30. The minimum Gasteiger partial charge on any atom is -0.493 e. The number of aryl methyl sites for hydroxylation is 1. The third-order valence-electron chi connectivity index (χ3n) is 6.47. The van der Waals surface area contributed by atoms with Gasteiger partial charge in [0, 0.05) is 30.2 Å². The van der Waals surface area contributed by atoms with Crippen LogP contribution in [0.5, 0.6) is 5.75 Å². The fraction of sp³-hybridized carbons (Fsp3) is 0.267. The van der Waals surface area contributed by atoms with Gasteiger partial charge >= 0.3 is 5.97 Å². The molecule has 7 heteroatoms. The fourth-order valence-electron chi connectivity index (χ4n) is 4.44. The number of nitrogens with zero attached hydrogens (tertiary/aromatic N) is 2. The number of rotatable bonds is 9. The Labute approximate surface area is 221 Å². The smallest absolute Gasteiger partial charge is 0.323 e. The molecule has 37 heavy (non-hydrogen) atoms. The monoisotopic (exact) mass is 514 g/mol. The lowest BCUT2D eigenvalue weighted by molar-refractivity contribution is -0.145. The van der Waals surface area contributed by atoms with E-state index in [4.69, 9.17) is 18.9 Å². The normalized spacial score (nSPS) is 15.6. The van der Waals surface area contributed by atoms with Crippen LogP contribution >= 0.6 is 11.8 Å². The molecule has 6 nitrogen and oxygen atoms in total. The Hall–Kier alpha value is -3.55. The molecule has 0 aliphatic carbocycles. The van der Waals surface area contributed by atoms with Gasteiger partial charge in [0.25, 0.3) is 0 Å². The molecule has 3 aromatic carbocycles. The lowest BCUT2D eigenvalue weighted by Gasteiger charge is -2.21. The zero-order chi connectivity index (χ0) is 25.6. The average molecular weight is 515 g/mol. The second-order valence-electron chi connectivity index (χ2n) is 9.00. The molecule has 1 aliphatic rings. The molecule has 0 saturated carbocycles. The molecule has 0 spiro atoms. The van der Waals surface area contributed by atoms with Crippen LogP contribution in [0.1, 0.15) is 17.0 Å². The van der Waals surface area contributed by atoms with Gasteiger partial charge in [0.2, 0.25) is 5.89 Å². The number of esters is 1. The number of thioether (sulfide) groups is 1. The van der Waals surface area contributed by atoms with E-state index >= 15 is 0 Å². The third kappa shape index (κ3) is 6.06. The predicted octanol–water partition coefficient (Wildman–Crippen LogP) is 5.99. The number of aromatic nitrogens is 1. The van der Waals surface area contributed by atoms with Crippen LogP contribution in [0.4, 0.5) is 0 Å². The summed E-state index contributed by atoms with van der Waals surface area (Å²) in [6.07, 6.45) is 0.648. The van der Waals surface area contributed by atoms with Crippen molar-refractivity contribution in [1.82, 2.24) is 9.88 Å². The first kappa shape index (κ1) is 25.1. The summed E-state index contributed by atoms with van der Waals surface area (Å²) in [5.74, 6) is 3.63. The zero-order valence-electron chi connectivity index (χ0n) is 21.1. The number of benzene rings is 3. The minimum atomic E-state index is -0.196. The van der Waals surface area contributed by atoms with Gasteiger partial charge in [-0.1, -0.05) is 54.6 Å². The SMILES string of the molecule is COC(=O)[C@@H]1CSCN1Cc1cccc(OCCc2nc(-c3ccc(-c4ccccc4)cc3)oc2C)c1. The Kier molecular flexibility index (Phi) is 7.92. The van der Waals surface area contributed by atoms with E-state index in [0.717, 1.165) is 45.5 Å². The number of methoxy groups -OCH3 is 1. The molecule has 2 heterocycles. The third-order valence-corrected chi connectivity index (χ3v) is 7.54. The first-order chi connectivity index (χ1) is 18.1. The van der Waals surface area contributed by atoms with Crippen LogP contribution in [-0.4, -0.2) is 47.2 Å². The molecule has 190 valence electrons. The number of hydrogen-bond donors (Lipinski definition) is 0. The molecule has 0 bridgehead atoms. The maximum absolute atomic E-state index is 12.0. The maximum Gasteiger partial charge on any atom is 0.323 e. The Morgan fingerprint density at radius 2 is 1.78 bits per heavy atom. The van der Waals surface area contributed by atoms with Crippen molar-refractivity contribution in [3.05, 3.63) is 95.9 Å². The van der Waals surface area contributed by atoms with E-state index in [1.165, 1.54) is 12.7 Å². The summed E-state index contributed by atoms with van der Waals surface area (Å²) in [5, 5.41) is 0. The highest BCUT2D eigenvalue weighted by molar-refractivity contribution is 7.99. The molecule has 0 N–H and O–H groups in total. The van der Waals surface area contributed by atoms with Gasteiger partial charge in [-0.15, -0.1) is 11.8 Å². The van der Waals surface area contributed by atoms with Crippen molar-refractivity contribution in [2.75, 3.05) is 25.3 Å². The molecule has 1 fully saturated rings. The highest BCUT2D eigenvalue weighted by Gasteiger charge is 2.31. The lowest BCUT2D eigenvalue weighted by Crippen LogP contribution is -2.38. The van der Waals surface area contributed by atoms with E-state index in [1.54, 1.807) is 11.8 Å². The molecule has 1 aliphatic heterocycles. The van der Waals surface area contributed by atoms with Gasteiger partial charge in [0.15, 0.2) is 0 Å². The van der Waals surface area contributed by atoms with Crippen molar-refractivity contribution >= 4 is 17.7 Å². The predicted molar refractivity (Wildman–Crippen MR) is 146 cm³/mol. The summed E-state index contributed by atoms with van der Waals surface area (Å²) >= 11 is 1.75. The van der Waals surface area contributed by atoms with Crippen LogP contribution in [0.25, 0.3) is 22.6 Å². The zero-order valence-corrected chi connectivity index (χ0v) is 21.9. The molecule has 1 aromatic heterocycles. The van der Waals surface area contributed by atoms with Crippen LogP contribution in [0.2, 0.25) is 0 Å². The molecule has 1 saturated heterocycles. The van der Waals surface area contributed by atoms with Crippen molar-refractivity contribution in [2.45, 2.75) is 25.9 Å². The Morgan fingerprint density at radius 1 is 1.03 bits per heavy atom. The van der Waals surface area contributed by atoms with Gasteiger partial charge in [-0.05, 0) is 47.9 Å². The summed E-state index contributed by atoms with van der Waals surface area (Å²) in [6.45, 7) is 3.11. The number of hydrogen-bond acceptors (Lipinski definition) is 7. The van der Waals surface area contributed by atoms with Crippen molar-refractivity contribution in [2.24, 2.45) is 0 Å². The molecule has 0 radical (unpaired) electrons. The highest BCUT2D eigenvalue weighted by Crippen LogP contribution is 2.27. The molecule has 0 amide bonds. The van der Waals surface area contributed by atoms with Crippen LogP contribution in [0.15, 0.2) is 83.3 Å². The number of carbonyl (C=O) groups excluding carboxylic acids is 1. The first-order valence-electron chi connectivity index (χ1n) is 12.3. The Morgan fingerprint density at radius 3 is 2.57 bits per heavy atom. The van der Waals surface area contributed by atoms with Gasteiger partial charge in [0.05, 0.1) is 19.4 Å². The topological polar surface area (TPSA) is 64.8 Å². The summed E-state index contributed by atoms with van der Waals surface area (Å²) < 4.78 is 17.0. The second kappa shape index (κ2) is 11.7. The van der Waals surface area contributed by atoms with Gasteiger partial charge in [-0.2, -0.15) is 0 Å². The van der Waals surface area contributed by atoms with Crippen LogP contribution in [-0.2, 0) is 22.5 Å². The van der Waals surface area contributed by atoms with Crippen molar-refractivity contribution in [3.8, 4) is 28.3 Å². The van der Waals surface area contributed by atoms with Gasteiger partial charge in [-0.25, -0.2) is 4.98 Å². The Balaban J connectivity index is 1.18. The van der Waals surface area contributed by atoms with E-state index in [1.807, 2.05) is 55.5 Å². The summed E-state index contributed by atoms with van der Waals surface area (Å²) in [4.78, 5) is 18.9. The minimum absolute atomic E-state index is 0.174. The summed E-state index contributed by atoms with van der Waals surface area (Å²) in [7, 11) is 1.44. The number of oxazole rings is 1. The highest BCUT2D eigenvalue weighted by atomic mass is 32.2.